The van der Waals surface area contributed by atoms with Crippen molar-refractivity contribution in [2.24, 2.45) is 23.7 Å². The van der Waals surface area contributed by atoms with E-state index in [1.54, 1.807) is 6.07 Å². The minimum atomic E-state index is -4.34. The number of alkyl halides is 3. The molecular formula is C26H33F3N2O3. The molecule has 0 amide bonds. The third kappa shape index (κ3) is 3.39. The molecule has 0 unspecified atom stereocenters. The van der Waals surface area contributed by atoms with Crippen molar-refractivity contribution in [2.75, 3.05) is 37.6 Å². The number of hydrogen-bond donors (Lipinski definition) is 0. The number of ether oxygens (including phenoxy) is 2. The standard InChI is InChI=1S/C26H33F3N2O3/c1-16-6-7-21-19(22(32)33-25(21)20(16)8-9-24(2)23(25)34-24)15-30-10-12-31(13-11-30)18-5-3-4-17(14-18)26(27,28)29/h3-5,14,16,19-21,23H,6-13,15H2,1-2H3/t16-,19+,20-,21-,23+,24-,25-/m1/s1. The molecule has 5 nitrogen and oxygen atoms in total. The van der Waals surface area contributed by atoms with E-state index >= 15 is 0 Å². The average Bonchev–Trinajstić information content (AvgIpc) is 3.43. The molecule has 3 heterocycles. The van der Waals surface area contributed by atoms with Crippen LogP contribution in [-0.2, 0) is 20.4 Å². The Kier molecular flexibility index (Phi) is 5.06. The van der Waals surface area contributed by atoms with Crippen molar-refractivity contribution in [2.45, 2.75) is 63.0 Å². The van der Waals surface area contributed by atoms with E-state index in [9.17, 15) is 18.0 Å². The largest absolute Gasteiger partial charge is 0.455 e. The van der Waals surface area contributed by atoms with E-state index < -0.39 is 17.3 Å². The van der Waals surface area contributed by atoms with Crippen LogP contribution in [0.1, 0.15) is 45.1 Å². The Bertz CT molecular complexity index is 978. The van der Waals surface area contributed by atoms with Gasteiger partial charge in [-0.05, 0) is 56.7 Å². The molecule has 1 aromatic rings. The van der Waals surface area contributed by atoms with E-state index in [1.807, 2.05) is 4.90 Å². The summed E-state index contributed by atoms with van der Waals surface area (Å²) in [6.07, 6.45) is -0.100. The predicted octanol–water partition coefficient (Wildman–Crippen LogP) is 4.35. The Balaban J connectivity index is 1.14. The fourth-order valence-corrected chi connectivity index (χ4v) is 7.61. The molecule has 186 valence electrons. The van der Waals surface area contributed by atoms with Gasteiger partial charge in [0.25, 0.3) is 0 Å². The summed E-state index contributed by atoms with van der Waals surface area (Å²) in [6, 6.07) is 5.55. The minimum absolute atomic E-state index is 0.0261. The van der Waals surface area contributed by atoms with E-state index in [4.69, 9.17) is 9.47 Å². The highest BCUT2D eigenvalue weighted by atomic mass is 19.4. The molecule has 34 heavy (non-hydrogen) atoms. The lowest BCUT2D eigenvalue weighted by molar-refractivity contribution is -0.168. The summed E-state index contributed by atoms with van der Waals surface area (Å²) >= 11 is 0. The van der Waals surface area contributed by atoms with E-state index in [2.05, 4.69) is 18.7 Å². The smallest absolute Gasteiger partial charge is 0.416 e. The van der Waals surface area contributed by atoms with Crippen LogP contribution in [0.4, 0.5) is 18.9 Å². The van der Waals surface area contributed by atoms with Crippen LogP contribution in [-0.4, -0.2) is 60.9 Å². The van der Waals surface area contributed by atoms with E-state index in [1.165, 1.54) is 12.1 Å². The van der Waals surface area contributed by atoms with Crippen molar-refractivity contribution in [1.29, 1.82) is 0 Å². The Hall–Kier alpha value is -1.80. The van der Waals surface area contributed by atoms with Crippen molar-refractivity contribution in [3.63, 3.8) is 0 Å². The Morgan fingerprint density at radius 1 is 1.09 bits per heavy atom. The molecule has 3 aliphatic heterocycles. The minimum Gasteiger partial charge on any atom is -0.455 e. The summed E-state index contributed by atoms with van der Waals surface area (Å²) in [7, 11) is 0. The topological polar surface area (TPSA) is 45.3 Å². The number of halogens is 3. The molecule has 1 aromatic carbocycles. The molecular weight excluding hydrogens is 445 g/mol. The average molecular weight is 479 g/mol. The number of epoxide rings is 1. The molecule has 1 spiro atoms. The van der Waals surface area contributed by atoms with Gasteiger partial charge in [0.15, 0.2) is 0 Å². The monoisotopic (exact) mass is 478 g/mol. The van der Waals surface area contributed by atoms with Crippen LogP contribution in [0, 0.1) is 23.7 Å². The number of benzene rings is 1. The van der Waals surface area contributed by atoms with Crippen molar-refractivity contribution in [3.8, 4) is 0 Å². The third-order valence-electron chi connectivity index (χ3n) is 9.46. The van der Waals surface area contributed by atoms with E-state index in [0.29, 0.717) is 37.2 Å². The summed E-state index contributed by atoms with van der Waals surface area (Å²) in [6.45, 7) is 7.83. The number of rotatable bonds is 3. The first-order valence-corrected chi connectivity index (χ1v) is 12.7. The number of piperazine rings is 1. The van der Waals surface area contributed by atoms with Gasteiger partial charge in [-0.1, -0.05) is 13.0 Å². The summed E-state index contributed by atoms with van der Waals surface area (Å²) in [5, 5.41) is 0. The zero-order chi connectivity index (χ0) is 23.9. The van der Waals surface area contributed by atoms with Crippen LogP contribution in [0.3, 0.4) is 0 Å². The van der Waals surface area contributed by atoms with Crippen LogP contribution in [0.25, 0.3) is 0 Å². The number of esters is 1. The highest BCUT2D eigenvalue weighted by molar-refractivity contribution is 5.77. The highest BCUT2D eigenvalue weighted by Gasteiger charge is 2.77. The molecule has 0 N–H and O–H groups in total. The van der Waals surface area contributed by atoms with Gasteiger partial charge in [0.2, 0.25) is 0 Å². The first-order valence-electron chi connectivity index (χ1n) is 12.7. The number of fused-ring (bicyclic) bond motifs is 1. The van der Waals surface area contributed by atoms with Crippen LogP contribution in [0.5, 0.6) is 0 Å². The maximum Gasteiger partial charge on any atom is 0.416 e. The maximum absolute atomic E-state index is 13.2. The Morgan fingerprint density at radius 3 is 2.59 bits per heavy atom. The van der Waals surface area contributed by atoms with Gasteiger partial charge in [0, 0.05) is 50.2 Å². The lowest BCUT2D eigenvalue weighted by Crippen LogP contribution is -2.58. The van der Waals surface area contributed by atoms with Gasteiger partial charge in [-0.3, -0.25) is 9.69 Å². The van der Waals surface area contributed by atoms with Gasteiger partial charge in [-0.2, -0.15) is 13.2 Å². The van der Waals surface area contributed by atoms with Gasteiger partial charge in [0.05, 0.1) is 17.1 Å². The molecule has 5 aliphatic rings. The Morgan fingerprint density at radius 2 is 1.85 bits per heavy atom. The molecule has 3 saturated heterocycles. The summed E-state index contributed by atoms with van der Waals surface area (Å²) in [4.78, 5) is 17.5. The van der Waals surface area contributed by atoms with Crippen molar-refractivity contribution >= 4 is 11.7 Å². The van der Waals surface area contributed by atoms with Crippen LogP contribution in [0.2, 0.25) is 0 Å². The second-order valence-electron chi connectivity index (χ2n) is 11.3. The normalized spacial score (nSPS) is 42.0. The quantitative estimate of drug-likeness (QED) is 0.478. The fraction of sp³-hybridized carbons (Fsp3) is 0.731. The Labute approximate surface area is 198 Å². The zero-order valence-corrected chi connectivity index (χ0v) is 19.8. The lowest BCUT2D eigenvalue weighted by atomic mass is 9.55. The van der Waals surface area contributed by atoms with Gasteiger partial charge in [-0.25, -0.2) is 0 Å². The van der Waals surface area contributed by atoms with Gasteiger partial charge >= 0.3 is 12.1 Å². The first kappa shape index (κ1) is 22.7. The van der Waals surface area contributed by atoms with Crippen LogP contribution in [0.15, 0.2) is 24.3 Å². The molecule has 2 aliphatic carbocycles. The van der Waals surface area contributed by atoms with Crippen LogP contribution >= 0.6 is 0 Å². The van der Waals surface area contributed by atoms with E-state index in [-0.39, 0.29) is 29.5 Å². The van der Waals surface area contributed by atoms with Crippen molar-refractivity contribution < 1.29 is 27.4 Å². The number of carbonyl (C=O) groups excluding carboxylic acids is 1. The lowest BCUT2D eigenvalue weighted by Gasteiger charge is -2.50. The van der Waals surface area contributed by atoms with Gasteiger partial charge in [0.1, 0.15) is 11.7 Å². The number of hydrogen-bond acceptors (Lipinski definition) is 5. The molecule has 7 atom stereocenters. The second-order valence-corrected chi connectivity index (χ2v) is 11.3. The predicted molar refractivity (Wildman–Crippen MR) is 120 cm³/mol. The fourth-order valence-electron chi connectivity index (χ4n) is 7.61. The number of carbonyl (C=O) groups is 1. The summed E-state index contributed by atoms with van der Waals surface area (Å²) < 4.78 is 51.9. The SMILES string of the molecule is C[C@@H]1CC[C@@H]2[C@H](CN3CCN(c4cccc(C(F)(F)F)c4)CC3)C(=O)O[C@]23[C@@H]1CC[C@@]1(C)O[C@H]31. The van der Waals surface area contributed by atoms with Crippen LogP contribution < -0.4 is 4.90 Å². The molecule has 0 aromatic heterocycles. The molecule has 0 bridgehead atoms. The van der Waals surface area contributed by atoms with Crippen molar-refractivity contribution in [1.82, 2.24) is 4.90 Å². The van der Waals surface area contributed by atoms with Gasteiger partial charge < -0.3 is 14.4 Å². The zero-order valence-electron chi connectivity index (χ0n) is 19.8. The number of nitrogens with zero attached hydrogens (tertiary/aromatic N) is 2. The summed E-state index contributed by atoms with van der Waals surface area (Å²) in [5.41, 5.74) is -0.622. The molecule has 2 saturated carbocycles. The highest BCUT2D eigenvalue weighted by Crippen LogP contribution is 2.66. The second kappa shape index (κ2) is 7.60. The first-order chi connectivity index (χ1) is 16.1. The molecule has 0 radical (unpaired) electrons. The van der Waals surface area contributed by atoms with Gasteiger partial charge in [-0.15, -0.1) is 0 Å². The molecule has 5 fully saturated rings. The molecule has 6 rings (SSSR count). The third-order valence-corrected chi connectivity index (χ3v) is 9.46. The number of anilines is 1. The van der Waals surface area contributed by atoms with Crippen molar-refractivity contribution in [3.05, 3.63) is 29.8 Å². The molecule has 8 heteroatoms. The van der Waals surface area contributed by atoms with E-state index in [0.717, 1.165) is 44.8 Å². The maximum atomic E-state index is 13.2. The summed E-state index contributed by atoms with van der Waals surface area (Å²) in [5.74, 6) is 0.867.